The van der Waals surface area contributed by atoms with Gasteiger partial charge in [0.25, 0.3) is 0 Å². The summed E-state index contributed by atoms with van der Waals surface area (Å²) in [4.78, 5) is 11.7. The molecule has 0 spiro atoms. The first-order valence-corrected chi connectivity index (χ1v) is 7.56. The van der Waals surface area contributed by atoms with Crippen LogP contribution in [0.5, 0.6) is 0 Å². The first-order valence-electron chi connectivity index (χ1n) is 7.56. The van der Waals surface area contributed by atoms with E-state index in [-0.39, 0.29) is 0 Å². The summed E-state index contributed by atoms with van der Waals surface area (Å²) in [6.45, 7) is 1.10. The molecule has 102 valence electrons. The van der Waals surface area contributed by atoms with Crippen molar-refractivity contribution < 1.29 is 0 Å². The molecule has 1 saturated heterocycles. The summed E-state index contributed by atoms with van der Waals surface area (Å²) in [5.74, 6) is 2.77. The van der Waals surface area contributed by atoms with Gasteiger partial charge in [0.2, 0.25) is 0 Å². The molecule has 2 heterocycles. The van der Waals surface area contributed by atoms with E-state index in [1.807, 2.05) is 6.20 Å². The fraction of sp³-hybridized carbons (Fsp3) is 0.412. The molecular weight excluding hydrogens is 246 g/mol. The fourth-order valence-corrected chi connectivity index (χ4v) is 3.12. The highest BCUT2D eigenvalue weighted by Crippen LogP contribution is 2.40. The molecule has 1 aliphatic heterocycles. The van der Waals surface area contributed by atoms with Crippen molar-refractivity contribution in [3.8, 4) is 0 Å². The van der Waals surface area contributed by atoms with Gasteiger partial charge < -0.3 is 4.90 Å². The lowest BCUT2D eigenvalue weighted by atomic mass is 10.0. The molecule has 1 saturated carbocycles. The van der Waals surface area contributed by atoms with Crippen molar-refractivity contribution in [2.24, 2.45) is 0 Å². The van der Waals surface area contributed by atoms with Crippen molar-refractivity contribution >= 4 is 5.82 Å². The molecule has 1 aromatic carbocycles. The van der Waals surface area contributed by atoms with Crippen LogP contribution in [0.25, 0.3) is 0 Å². The van der Waals surface area contributed by atoms with Gasteiger partial charge in [-0.15, -0.1) is 0 Å². The Kier molecular flexibility index (Phi) is 2.91. The Morgan fingerprint density at radius 3 is 2.65 bits per heavy atom. The van der Waals surface area contributed by atoms with Gasteiger partial charge in [0.1, 0.15) is 11.6 Å². The van der Waals surface area contributed by atoms with E-state index in [9.17, 15) is 0 Å². The normalized spacial score (nSPS) is 22.2. The minimum atomic E-state index is 0.471. The molecule has 1 unspecified atom stereocenters. The maximum Gasteiger partial charge on any atom is 0.133 e. The van der Waals surface area contributed by atoms with Crippen LogP contribution in [0.2, 0.25) is 0 Å². The predicted molar refractivity (Wildman–Crippen MR) is 79.8 cm³/mol. The molecule has 0 bridgehead atoms. The highest BCUT2D eigenvalue weighted by molar-refractivity contribution is 5.44. The molecule has 2 fully saturated rings. The predicted octanol–water partition coefficient (Wildman–Crippen LogP) is 3.70. The molecule has 3 nitrogen and oxygen atoms in total. The van der Waals surface area contributed by atoms with Crippen LogP contribution in [0.15, 0.2) is 42.6 Å². The van der Waals surface area contributed by atoms with Crippen LogP contribution in [0.4, 0.5) is 5.82 Å². The molecule has 0 radical (unpaired) electrons. The van der Waals surface area contributed by atoms with Gasteiger partial charge in [0.15, 0.2) is 0 Å². The maximum atomic E-state index is 4.81. The van der Waals surface area contributed by atoms with Crippen molar-refractivity contribution in [2.75, 3.05) is 11.4 Å². The third-order valence-corrected chi connectivity index (χ3v) is 4.33. The van der Waals surface area contributed by atoms with Gasteiger partial charge in [0, 0.05) is 18.7 Å². The topological polar surface area (TPSA) is 29.0 Å². The average molecular weight is 265 g/mol. The molecule has 0 amide bonds. The van der Waals surface area contributed by atoms with E-state index in [0.29, 0.717) is 12.0 Å². The second-order valence-electron chi connectivity index (χ2n) is 5.81. The minimum Gasteiger partial charge on any atom is -0.349 e. The van der Waals surface area contributed by atoms with E-state index in [0.717, 1.165) is 18.2 Å². The number of hydrogen-bond donors (Lipinski definition) is 0. The lowest BCUT2D eigenvalue weighted by Crippen LogP contribution is -2.24. The summed E-state index contributed by atoms with van der Waals surface area (Å²) < 4.78 is 0. The van der Waals surface area contributed by atoms with Crippen LogP contribution >= 0.6 is 0 Å². The molecule has 20 heavy (non-hydrogen) atoms. The summed E-state index contributed by atoms with van der Waals surface area (Å²) in [6.07, 6.45) is 6.89. The quantitative estimate of drug-likeness (QED) is 0.847. The van der Waals surface area contributed by atoms with E-state index in [2.05, 4.69) is 46.3 Å². The Bertz CT molecular complexity index is 592. The summed E-state index contributed by atoms with van der Waals surface area (Å²) in [6, 6.07) is 13.3. The van der Waals surface area contributed by atoms with Gasteiger partial charge in [-0.05, 0) is 37.3 Å². The molecule has 2 aliphatic rings. The number of benzene rings is 1. The Morgan fingerprint density at radius 1 is 1.00 bits per heavy atom. The largest absolute Gasteiger partial charge is 0.349 e. The van der Waals surface area contributed by atoms with Crippen molar-refractivity contribution in [2.45, 2.75) is 37.6 Å². The minimum absolute atomic E-state index is 0.471. The van der Waals surface area contributed by atoms with Gasteiger partial charge in [0.05, 0.1) is 6.04 Å². The highest BCUT2D eigenvalue weighted by atomic mass is 15.2. The first-order chi connectivity index (χ1) is 9.92. The zero-order valence-corrected chi connectivity index (χ0v) is 11.6. The van der Waals surface area contributed by atoms with Crippen molar-refractivity contribution in [1.29, 1.82) is 0 Å². The molecule has 3 heteroatoms. The Balaban J connectivity index is 1.65. The van der Waals surface area contributed by atoms with E-state index in [4.69, 9.17) is 4.98 Å². The molecule has 2 aromatic rings. The average Bonchev–Trinajstić information content (AvgIpc) is 3.25. The van der Waals surface area contributed by atoms with Crippen LogP contribution in [0.1, 0.15) is 49.0 Å². The summed E-state index contributed by atoms with van der Waals surface area (Å²) in [5, 5.41) is 0. The zero-order valence-electron chi connectivity index (χ0n) is 11.6. The number of hydrogen-bond acceptors (Lipinski definition) is 3. The van der Waals surface area contributed by atoms with E-state index in [1.54, 1.807) is 0 Å². The third-order valence-electron chi connectivity index (χ3n) is 4.33. The van der Waals surface area contributed by atoms with Crippen LogP contribution in [0, 0.1) is 0 Å². The van der Waals surface area contributed by atoms with Gasteiger partial charge >= 0.3 is 0 Å². The lowest BCUT2D eigenvalue weighted by molar-refractivity contribution is 0.707. The zero-order chi connectivity index (χ0) is 13.4. The lowest BCUT2D eigenvalue weighted by Gasteiger charge is -2.26. The monoisotopic (exact) mass is 265 g/mol. The Labute approximate surface area is 119 Å². The number of aromatic nitrogens is 2. The highest BCUT2D eigenvalue weighted by Gasteiger charge is 2.30. The van der Waals surface area contributed by atoms with Gasteiger partial charge in [-0.1, -0.05) is 30.3 Å². The molecule has 1 aromatic heterocycles. The van der Waals surface area contributed by atoms with Crippen LogP contribution < -0.4 is 4.90 Å². The summed E-state index contributed by atoms with van der Waals surface area (Å²) in [5.41, 5.74) is 1.40. The van der Waals surface area contributed by atoms with Gasteiger partial charge in [-0.2, -0.15) is 0 Å². The van der Waals surface area contributed by atoms with Crippen LogP contribution in [-0.4, -0.2) is 16.5 Å². The first kappa shape index (κ1) is 11.9. The molecule has 1 aliphatic carbocycles. The van der Waals surface area contributed by atoms with Gasteiger partial charge in [-0.3, -0.25) is 0 Å². The van der Waals surface area contributed by atoms with Crippen LogP contribution in [-0.2, 0) is 0 Å². The second-order valence-corrected chi connectivity index (χ2v) is 5.81. The number of rotatable bonds is 3. The Hall–Kier alpha value is -1.90. The summed E-state index contributed by atoms with van der Waals surface area (Å²) in [7, 11) is 0. The molecule has 1 atom stereocenters. The van der Waals surface area contributed by atoms with Crippen molar-refractivity contribution in [3.05, 3.63) is 54.0 Å². The van der Waals surface area contributed by atoms with Crippen LogP contribution in [0.3, 0.4) is 0 Å². The van der Waals surface area contributed by atoms with E-state index >= 15 is 0 Å². The van der Waals surface area contributed by atoms with E-state index in [1.165, 1.54) is 31.2 Å². The second kappa shape index (κ2) is 4.89. The van der Waals surface area contributed by atoms with Gasteiger partial charge in [-0.25, -0.2) is 9.97 Å². The standard InChI is InChI=1S/C17H19N3/c1-2-5-13(6-3-1)15-7-4-12-20(15)16-10-11-18-17(19-16)14-8-9-14/h1-3,5-6,10-11,14-15H,4,7-9,12H2. The SMILES string of the molecule is c1ccc(C2CCCN2c2ccnc(C3CC3)n2)cc1. The van der Waals surface area contributed by atoms with E-state index < -0.39 is 0 Å². The van der Waals surface area contributed by atoms with Crippen molar-refractivity contribution in [3.63, 3.8) is 0 Å². The smallest absolute Gasteiger partial charge is 0.133 e. The Morgan fingerprint density at radius 2 is 1.85 bits per heavy atom. The maximum absolute atomic E-state index is 4.81. The molecule has 0 N–H and O–H groups in total. The summed E-state index contributed by atoms with van der Waals surface area (Å²) >= 11 is 0. The third kappa shape index (κ3) is 2.17. The molecule has 4 rings (SSSR count). The fourth-order valence-electron chi connectivity index (χ4n) is 3.12. The van der Waals surface area contributed by atoms with Crippen molar-refractivity contribution in [1.82, 2.24) is 9.97 Å². The number of nitrogens with zero attached hydrogens (tertiary/aromatic N) is 3. The number of anilines is 1. The molecular formula is C17H19N3.